The SMILES string of the molecule is CCCCNC(=O)CNc1ccc(C(=O)NCCCC)cc1. The first-order valence-corrected chi connectivity index (χ1v) is 8.06. The van der Waals surface area contributed by atoms with Gasteiger partial charge in [0.25, 0.3) is 5.91 Å². The van der Waals surface area contributed by atoms with Crippen molar-refractivity contribution in [1.82, 2.24) is 10.6 Å². The molecule has 2 amide bonds. The highest BCUT2D eigenvalue weighted by molar-refractivity contribution is 5.94. The van der Waals surface area contributed by atoms with E-state index in [2.05, 4.69) is 29.8 Å². The Hall–Kier alpha value is -2.04. The number of benzene rings is 1. The van der Waals surface area contributed by atoms with Gasteiger partial charge in [0.2, 0.25) is 5.91 Å². The molecule has 22 heavy (non-hydrogen) atoms. The average Bonchev–Trinajstić information content (AvgIpc) is 2.54. The lowest BCUT2D eigenvalue weighted by Gasteiger charge is -2.08. The lowest BCUT2D eigenvalue weighted by atomic mass is 10.2. The Balaban J connectivity index is 2.35. The van der Waals surface area contributed by atoms with Crippen molar-refractivity contribution >= 4 is 17.5 Å². The number of carbonyl (C=O) groups excluding carboxylic acids is 2. The Morgan fingerprint density at radius 3 is 2.09 bits per heavy atom. The Labute approximate surface area is 132 Å². The molecule has 3 N–H and O–H groups in total. The van der Waals surface area contributed by atoms with Gasteiger partial charge < -0.3 is 16.0 Å². The second-order valence-corrected chi connectivity index (χ2v) is 5.24. The van der Waals surface area contributed by atoms with Gasteiger partial charge in [0.05, 0.1) is 6.54 Å². The van der Waals surface area contributed by atoms with Crippen molar-refractivity contribution in [1.29, 1.82) is 0 Å². The summed E-state index contributed by atoms with van der Waals surface area (Å²) in [6, 6.07) is 7.15. The van der Waals surface area contributed by atoms with Crippen molar-refractivity contribution in [2.75, 3.05) is 25.0 Å². The molecule has 0 fully saturated rings. The Morgan fingerprint density at radius 2 is 1.50 bits per heavy atom. The molecule has 0 radical (unpaired) electrons. The molecule has 0 aliphatic carbocycles. The molecule has 0 atom stereocenters. The number of rotatable bonds is 10. The summed E-state index contributed by atoms with van der Waals surface area (Å²) in [5, 5.41) is 8.77. The summed E-state index contributed by atoms with van der Waals surface area (Å²) < 4.78 is 0. The highest BCUT2D eigenvalue weighted by Gasteiger charge is 2.05. The number of hydrogen-bond donors (Lipinski definition) is 3. The third-order valence-corrected chi connectivity index (χ3v) is 3.27. The van der Waals surface area contributed by atoms with Gasteiger partial charge in [-0.3, -0.25) is 9.59 Å². The third-order valence-electron chi connectivity index (χ3n) is 3.27. The monoisotopic (exact) mass is 305 g/mol. The van der Waals surface area contributed by atoms with Crippen LogP contribution in [0.1, 0.15) is 49.9 Å². The van der Waals surface area contributed by atoms with Gasteiger partial charge in [-0.15, -0.1) is 0 Å². The number of anilines is 1. The first-order chi connectivity index (χ1) is 10.7. The molecule has 1 aromatic carbocycles. The van der Waals surface area contributed by atoms with Gasteiger partial charge in [-0.05, 0) is 37.1 Å². The van der Waals surface area contributed by atoms with Crippen molar-refractivity contribution in [3.63, 3.8) is 0 Å². The van der Waals surface area contributed by atoms with Crippen LogP contribution in [0.4, 0.5) is 5.69 Å². The zero-order valence-corrected chi connectivity index (χ0v) is 13.6. The molecule has 0 aliphatic rings. The second-order valence-electron chi connectivity index (χ2n) is 5.24. The molecule has 1 aromatic rings. The van der Waals surface area contributed by atoms with Crippen LogP contribution in [0.2, 0.25) is 0 Å². The second kappa shape index (κ2) is 10.7. The fraction of sp³-hybridized carbons (Fsp3) is 0.529. The molecule has 0 aromatic heterocycles. The highest BCUT2D eigenvalue weighted by Crippen LogP contribution is 2.09. The van der Waals surface area contributed by atoms with Crippen molar-refractivity contribution in [2.45, 2.75) is 39.5 Å². The predicted molar refractivity (Wildman–Crippen MR) is 90.1 cm³/mol. The molecule has 0 heterocycles. The van der Waals surface area contributed by atoms with Gasteiger partial charge in [-0.1, -0.05) is 26.7 Å². The largest absolute Gasteiger partial charge is 0.376 e. The number of hydrogen-bond acceptors (Lipinski definition) is 3. The van der Waals surface area contributed by atoms with E-state index in [0.29, 0.717) is 18.7 Å². The van der Waals surface area contributed by atoms with Crippen LogP contribution >= 0.6 is 0 Å². The van der Waals surface area contributed by atoms with Crippen molar-refractivity contribution in [3.8, 4) is 0 Å². The van der Waals surface area contributed by atoms with Crippen LogP contribution in [0, 0.1) is 0 Å². The van der Waals surface area contributed by atoms with E-state index in [0.717, 1.165) is 31.4 Å². The highest BCUT2D eigenvalue weighted by atomic mass is 16.2. The number of unbranched alkanes of at least 4 members (excludes halogenated alkanes) is 2. The summed E-state index contributed by atoms with van der Waals surface area (Å²) in [5.74, 6) is -0.0767. The number of nitrogens with one attached hydrogen (secondary N) is 3. The summed E-state index contributed by atoms with van der Waals surface area (Å²) >= 11 is 0. The average molecular weight is 305 g/mol. The van der Waals surface area contributed by atoms with Gasteiger partial charge in [0, 0.05) is 24.3 Å². The summed E-state index contributed by atoms with van der Waals surface area (Å²) in [4.78, 5) is 23.4. The summed E-state index contributed by atoms with van der Waals surface area (Å²) in [6.45, 7) is 5.84. The summed E-state index contributed by atoms with van der Waals surface area (Å²) in [7, 11) is 0. The molecule has 0 saturated carbocycles. The molecule has 5 heteroatoms. The fourth-order valence-corrected chi connectivity index (χ4v) is 1.87. The standard InChI is InChI=1S/C17H27N3O2/c1-3-5-11-18-16(21)13-20-15-9-7-14(8-10-15)17(22)19-12-6-4-2/h7-10,20H,3-6,11-13H2,1-2H3,(H,18,21)(H,19,22). The molecule has 5 nitrogen and oxygen atoms in total. The van der Waals surface area contributed by atoms with Crippen LogP contribution in [-0.2, 0) is 4.79 Å². The zero-order chi connectivity index (χ0) is 16.2. The smallest absolute Gasteiger partial charge is 0.251 e. The van der Waals surface area contributed by atoms with E-state index in [1.165, 1.54) is 0 Å². The minimum atomic E-state index is -0.0580. The Morgan fingerprint density at radius 1 is 0.909 bits per heavy atom. The van der Waals surface area contributed by atoms with E-state index in [1.807, 2.05) is 12.1 Å². The summed E-state index contributed by atoms with van der Waals surface area (Å²) in [5.41, 5.74) is 1.46. The fourth-order valence-electron chi connectivity index (χ4n) is 1.87. The molecule has 0 unspecified atom stereocenters. The van der Waals surface area contributed by atoms with E-state index >= 15 is 0 Å². The molecular formula is C17H27N3O2. The van der Waals surface area contributed by atoms with Crippen molar-refractivity contribution in [3.05, 3.63) is 29.8 Å². The molecule has 1 rings (SSSR count). The van der Waals surface area contributed by atoms with Gasteiger partial charge in [0.15, 0.2) is 0 Å². The van der Waals surface area contributed by atoms with Crippen LogP contribution < -0.4 is 16.0 Å². The number of carbonyl (C=O) groups is 2. The van der Waals surface area contributed by atoms with Crippen LogP contribution in [0.3, 0.4) is 0 Å². The van der Waals surface area contributed by atoms with Gasteiger partial charge in [-0.25, -0.2) is 0 Å². The molecule has 0 saturated heterocycles. The topological polar surface area (TPSA) is 70.2 Å². The van der Waals surface area contributed by atoms with Gasteiger partial charge >= 0.3 is 0 Å². The van der Waals surface area contributed by atoms with E-state index in [4.69, 9.17) is 0 Å². The van der Waals surface area contributed by atoms with E-state index in [9.17, 15) is 9.59 Å². The molecule has 0 bridgehead atoms. The van der Waals surface area contributed by atoms with Gasteiger partial charge in [-0.2, -0.15) is 0 Å². The van der Waals surface area contributed by atoms with E-state index in [-0.39, 0.29) is 18.4 Å². The summed E-state index contributed by atoms with van der Waals surface area (Å²) in [6.07, 6.45) is 4.10. The van der Waals surface area contributed by atoms with Gasteiger partial charge in [0.1, 0.15) is 0 Å². The first kappa shape index (κ1) is 18.0. The minimum Gasteiger partial charge on any atom is -0.376 e. The van der Waals surface area contributed by atoms with E-state index < -0.39 is 0 Å². The normalized spacial score (nSPS) is 10.1. The van der Waals surface area contributed by atoms with E-state index in [1.54, 1.807) is 12.1 Å². The molecule has 0 aliphatic heterocycles. The van der Waals surface area contributed by atoms with Crippen molar-refractivity contribution < 1.29 is 9.59 Å². The molecule has 122 valence electrons. The van der Waals surface area contributed by atoms with Crippen LogP contribution in [-0.4, -0.2) is 31.4 Å². The van der Waals surface area contributed by atoms with Crippen molar-refractivity contribution in [2.24, 2.45) is 0 Å². The van der Waals surface area contributed by atoms with Crippen LogP contribution in [0.5, 0.6) is 0 Å². The first-order valence-electron chi connectivity index (χ1n) is 8.06. The zero-order valence-electron chi connectivity index (χ0n) is 13.6. The molecule has 0 spiro atoms. The van der Waals surface area contributed by atoms with Crippen LogP contribution in [0.25, 0.3) is 0 Å². The van der Waals surface area contributed by atoms with Crippen LogP contribution in [0.15, 0.2) is 24.3 Å². The molecular weight excluding hydrogens is 278 g/mol. The minimum absolute atomic E-state index is 0.0187. The quantitative estimate of drug-likeness (QED) is 0.582. The Bertz CT molecular complexity index is 457. The Kier molecular flexibility index (Phi) is 8.72. The maximum atomic E-state index is 11.8. The lowest BCUT2D eigenvalue weighted by Crippen LogP contribution is -2.30. The lowest BCUT2D eigenvalue weighted by molar-refractivity contribution is -0.119. The maximum absolute atomic E-state index is 11.8. The third kappa shape index (κ3) is 7.11. The maximum Gasteiger partial charge on any atom is 0.251 e. The number of amides is 2. The predicted octanol–water partition coefficient (Wildman–Crippen LogP) is 2.54.